The Morgan fingerprint density at radius 2 is 2.00 bits per heavy atom. The first-order valence-corrected chi connectivity index (χ1v) is 6.41. The van der Waals surface area contributed by atoms with E-state index in [0.29, 0.717) is 13.1 Å². The van der Waals surface area contributed by atoms with Crippen LogP contribution in [-0.2, 0) is 6.54 Å². The van der Waals surface area contributed by atoms with Gasteiger partial charge >= 0.3 is 6.18 Å². The zero-order valence-corrected chi connectivity index (χ0v) is 10.3. The van der Waals surface area contributed by atoms with E-state index in [0.717, 1.165) is 11.5 Å². The van der Waals surface area contributed by atoms with Gasteiger partial charge in [-0.2, -0.15) is 13.2 Å². The van der Waals surface area contributed by atoms with Gasteiger partial charge in [-0.15, -0.1) is 0 Å². The highest BCUT2D eigenvalue weighted by atomic mass is 19.4. The summed E-state index contributed by atoms with van der Waals surface area (Å²) in [5.41, 5.74) is 2.52. The van der Waals surface area contributed by atoms with Crippen molar-refractivity contribution in [3.05, 3.63) is 35.4 Å². The highest BCUT2D eigenvalue weighted by Crippen LogP contribution is 2.40. The van der Waals surface area contributed by atoms with Gasteiger partial charge in [0.25, 0.3) is 0 Å². The molecule has 0 aromatic heterocycles. The Morgan fingerprint density at radius 1 is 1.22 bits per heavy atom. The standard InChI is InChI=1S/C14H18F3N/c15-14(16,17)7-2-8-18-10-11-3-1-4-13(9-11)12-5-6-12/h1,3-4,9,12,18H,2,5-8,10H2. The van der Waals surface area contributed by atoms with Crippen LogP contribution in [0.3, 0.4) is 0 Å². The molecule has 0 saturated heterocycles. The van der Waals surface area contributed by atoms with Crippen molar-refractivity contribution in [3.8, 4) is 0 Å². The Morgan fingerprint density at radius 3 is 2.67 bits per heavy atom. The van der Waals surface area contributed by atoms with Crippen molar-refractivity contribution in [3.63, 3.8) is 0 Å². The van der Waals surface area contributed by atoms with Crippen LogP contribution in [0.1, 0.15) is 42.7 Å². The molecular weight excluding hydrogens is 239 g/mol. The van der Waals surface area contributed by atoms with E-state index in [9.17, 15) is 13.2 Å². The summed E-state index contributed by atoms with van der Waals surface area (Å²) in [7, 11) is 0. The molecule has 1 saturated carbocycles. The molecular formula is C14H18F3N. The van der Waals surface area contributed by atoms with E-state index in [-0.39, 0.29) is 6.42 Å². The molecule has 0 spiro atoms. The van der Waals surface area contributed by atoms with Crippen LogP contribution in [0.2, 0.25) is 0 Å². The van der Waals surface area contributed by atoms with E-state index in [1.54, 1.807) is 0 Å². The second-order valence-corrected chi connectivity index (χ2v) is 4.91. The lowest BCUT2D eigenvalue weighted by molar-refractivity contribution is -0.135. The number of halogens is 3. The fourth-order valence-corrected chi connectivity index (χ4v) is 2.02. The third-order valence-electron chi connectivity index (χ3n) is 3.14. The maximum Gasteiger partial charge on any atom is 0.389 e. The van der Waals surface area contributed by atoms with Crippen LogP contribution in [-0.4, -0.2) is 12.7 Å². The summed E-state index contributed by atoms with van der Waals surface area (Å²) >= 11 is 0. The third kappa shape index (κ3) is 4.69. The first kappa shape index (κ1) is 13.4. The second-order valence-electron chi connectivity index (χ2n) is 4.91. The topological polar surface area (TPSA) is 12.0 Å². The normalized spacial score (nSPS) is 15.9. The van der Waals surface area contributed by atoms with Gasteiger partial charge in [-0.3, -0.25) is 0 Å². The number of rotatable bonds is 6. The lowest BCUT2D eigenvalue weighted by Crippen LogP contribution is -2.17. The van der Waals surface area contributed by atoms with Crippen LogP contribution in [0.25, 0.3) is 0 Å². The molecule has 0 unspecified atom stereocenters. The summed E-state index contributed by atoms with van der Waals surface area (Å²) < 4.78 is 35.8. The summed E-state index contributed by atoms with van der Waals surface area (Å²) in [5, 5.41) is 3.06. The molecule has 1 N–H and O–H groups in total. The minimum absolute atomic E-state index is 0.145. The molecule has 1 nitrogen and oxygen atoms in total. The predicted octanol–water partition coefficient (Wildman–Crippen LogP) is 4.00. The van der Waals surface area contributed by atoms with Gasteiger partial charge in [-0.25, -0.2) is 0 Å². The smallest absolute Gasteiger partial charge is 0.313 e. The lowest BCUT2D eigenvalue weighted by Gasteiger charge is -2.08. The molecule has 0 radical (unpaired) electrons. The molecule has 1 aliphatic rings. The predicted molar refractivity (Wildman–Crippen MR) is 65.4 cm³/mol. The average molecular weight is 257 g/mol. The zero-order valence-electron chi connectivity index (χ0n) is 10.3. The maximum atomic E-state index is 11.9. The molecule has 0 atom stereocenters. The van der Waals surface area contributed by atoms with Crippen LogP contribution in [0.5, 0.6) is 0 Å². The van der Waals surface area contributed by atoms with Gasteiger partial charge in [-0.05, 0) is 42.9 Å². The van der Waals surface area contributed by atoms with Crippen molar-refractivity contribution in [2.45, 2.75) is 44.3 Å². The molecule has 0 aliphatic heterocycles. The largest absolute Gasteiger partial charge is 0.389 e. The van der Waals surface area contributed by atoms with Crippen LogP contribution in [0.15, 0.2) is 24.3 Å². The molecule has 100 valence electrons. The van der Waals surface area contributed by atoms with E-state index in [1.165, 1.54) is 18.4 Å². The summed E-state index contributed by atoms with van der Waals surface area (Å²) in [6.45, 7) is 1.06. The minimum atomic E-state index is -4.03. The third-order valence-corrected chi connectivity index (χ3v) is 3.14. The van der Waals surface area contributed by atoms with E-state index in [1.807, 2.05) is 12.1 Å². The quantitative estimate of drug-likeness (QED) is 0.760. The molecule has 1 fully saturated rings. The number of hydrogen-bond acceptors (Lipinski definition) is 1. The van der Waals surface area contributed by atoms with Crippen molar-refractivity contribution in [2.24, 2.45) is 0 Å². The molecule has 1 aliphatic carbocycles. The second kappa shape index (κ2) is 5.74. The van der Waals surface area contributed by atoms with Crippen LogP contribution < -0.4 is 5.32 Å². The highest BCUT2D eigenvalue weighted by molar-refractivity contribution is 5.29. The summed E-state index contributed by atoms with van der Waals surface area (Å²) in [6.07, 6.45) is -2.06. The van der Waals surface area contributed by atoms with Gasteiger partial charge in [0.15, 0.2) is 0 Å². The Labute approximate surface area is 105 Å². The van der Waals surface area contributed by atoms with Gasteiger partial charge in [0.05, 0.1) is 0 Å². The molecule has 4 heteroatoms. The van der Waals surface area contributed by atoms with E-state index in [4.69, 9.17) is 0 Å². The van der Waals surface area contributed by atoms with E-state index >= 15 is 0 Å². The molecule has 2 rings (SSSR count). The first-order valence-electron chi connectivity index (χ1n) is 6.41. The van der Waals surface area contributed by atoms with Crippen molar-refractivity contribution < 1.29 is 13.2 Å². The maximum absolute atomic E-state index is 11.9. The Hall–Kier alpha value is -1.03. The molecule has 18 heavy (non-hydrogen) atoms. The van der Waals surface area contributed by atoms with Gasteiger partial charge < -0.3 is 5.32 Å². The molecule has 1 aromatic rings. The molecule has 0 amide bonds. The molecule has 0 bridgehead atoms. The van der Waals surface area contributed by atoms with E-state index in [2.05, 4.69) is 17.4 Å². The number of nitrogens with one attached hydrogen (secondary N) is 1. The van der Waals surface area contributed by atoms with Crippen molar-refractivity contribution in [2.75, 3.05) is 6.54 Å². The van der Waals surface area contributed by atoms with Gasteiger partial charge in [0.2, 0.25) is 0 Å². The number of benzene rings is 1. The minimum Gasteiger partial charge on any atom is -0.313 e. The zero-order chi connectivity index (χ0) is 13.0. The summed E-state index contributed by atoms with van der Waals surface area (Å²) in [4.78, 5) is 0. The Balaban J connectivity index is 1.68. The van der Waals surface area contributed by atoms with Crippen molar-refractivity contribution >= 4 is 0 Å². The van der Waals surface area contributed by atoms with Gasteiger partial charge in [0.1, 0.15) is 0 Å². The number of hydrogen-bond donors (Lipinski definition) is 1. The summed E-state index contributed by atoms with van der Waals surface area (Å²) in [6, 6.07) is 8.34. The Bertz CT molecular complexity index is 383. The molecule has 0 heterocycles. The van der Waals surface area contributed by atoms with Gasteiger partial charge in [0, 0.05) is 13.0 Å². The first-order chi connectivity index (χ1) is 8.54. The van der Waals surface area contributed by atoms with E-state index < -0.39 is 12.6 Å². The monoisotopic (exact) mass is 257 g/mol. The summed E-state index contributed by atoms with van der Waals surface area (Å²) in [5.74, 6) is 0.718. The SMILES string of the molecule is FC(F)(F)CCCNCc1cccc(C2CC2)c1. The van der Waals surface area contributed by atoms with Crippen LogP contribution in [0.4, 0.5) is 13.2 Å². The fraction of sp³-hybridized carbons (Fsp3) is 0.571. The molecule has 1 aromatic carbocycles. The Kier molecular flexibility index (Phi) is 4.27. The van der Waals surface area contributed by atoms with Gasteiger partial charge in [-0.1, -0.05) is 24.3 Å². The average Bonchev–Trinajstić information content (AvgIpc) is 3.11. The fourth-order valence-electron chi connectivity index (χ4n) is 2.02. The highest BCUT2D eigenvalue weighted by Gasteiger charge is 2.25. The number of alkyl halides is 3. The van der Waals surface area contributed by atoms with Crippen molar-refractivity contribution in [1.82, 2.24) is 5.32 Å². The van der Waals surface area contributed by atoms with Crippen LogP contribution >= 0.6 is 0 Å². The van der Waals surface area contributed by atoms with Crippen molar-refractivity contribution in [1.29, 1.82) is 0 Å². The lowest BCUT2D eigenvalue weighted by atomic mass is 10.1. The van der Waals surface area contributed by atoms with Crippen LogP contribution in [0, 0.1) is 0 Å².